The SMILES string of the molecule is O=C(Cc1ccc(Cl)cc1)Nc1nc(-c2cccnc2)cs1. The number of pyridine rings is 1. The highest BCUT2D eigenvalue weighted by atomic mass is 35.5. The number of aromatic nitrogens is 2. The van der Waals surface area contributed by atoms with Gasteiger partial charge in [-0.05, 0) is 29.8 Å². The normalized spacial score (nSPS) is 10.4. The molecule has 22 heavy (non-hydrogen) atoms. The summed E-state index contributed by atoms with van der Waals surface area (Å²) in [6.45, 7) is 0. The maximum absolute atomic E-state index is 12.0. The van der Waals surface area contributed by atoms with Crippen LogP contribution in [-0.4, -0.2) is 15.9 Å². The molecular formula is C16H12ClN3OS. The van der Waals surface area contributed by atoms with Crippen LogP contribution in [0.15, 0.2) is 54.2 Å². The van der Waals surface area contributed by atoms with E-state index in [0.29, 0.717) is 16.6 Å². The summed E-state index contributed by atoms with van der Waals surface area (Å²) >= 11 is 7.22. The van der Waals surface area contributed by atoms with Crippen molar-refractivity contribution in [1.82, 2.24) is 9.97 Å². The van der Waals surface area contributed by atoms with Crippen LogP contribution >= 0.6 is 22.9 Å². The minimum atomic E-state index is -0.102. The van der Waals surface area contributed by atoms with Crippen LogP contribution in [0.2, 0.25) is 5.02 Å². The van der Waals surface area contributed by atoms with Gasteiger partial charge in [0, 0.05) is 28.4 Å². The second-order valence-corrected chi connectivity index (χ2v) is 5.93. The van der Waals surface area contributed by atoms with Crippen LogP contribution in [0.3, 0.4) is 0 Å². The van der Waals surface area contributed by atoms with Gasteiger partial charge in [0.1, 0.15) is 0 Å². The van der Waals surface area contributed by atoms with E-state index in [9.17, 15) is 4.79 Å². The van der Waals surface area contributed by atoms with Crippen molar-refractivity contribution in [2.75, 3.05) is 5.32 Å². The number of rotatable bonds is 4. The number of hydrogen-bond acceptors (Lipinski definition) is 4. The Kier molecular flexibility index (Phi) is 4.46. The Morgan fingerprint density at radius 3 is 2.77 bits per heavy atom. The van der Waals surface area contributed by atoms with E-state index in [2.05, 4.69) is 15.3 Å². The van der Waals surface area contributed by atoms with Gasteiger partial charge in [0.2, 0.25) is 5.91 Å². The summed E-state index contributed by atoms with van der Waals surface area (Å²) in [5.41, 5.74) is 2.64. The summed E-state index contributed by atoms with van der Waals surface area (Å²) in [5.74, 6) is -0.102. The molecular weight excluding hydrogens is 318 g/mol. The van der Waals surface area contributed by atoms with Gasteiger partial charge in [0.25, 0.3) is 0 Å². The van der Waals surface area contributed by atoms with Gasteiger partial charge in [-0.15, -0.1) is 11.3 Å². The van der Waals surface area contributed by atoms with Crippen LogP contribution in [0.25, 0.3) is 11.3 Å². The van der Waals surface area contributed by atoms with E-state index in [-0.39, 0.29) is 5.91 Å². The van der Waals surface area contributed by atoms with Crippen LogP contribution < -0.4 is 5.32 Å². The molecule has 0 aliphatic heterocycles. The van der Waals surface area contributed by atoms with Crippen molar-refractivity contribution >= 4 is 34.0 Å². The Labute approximate surface area is 136 Å². The number of halogens is 1. The van der Waals surface area contributed by atoms with Gasteiger partial charge in [0.05, 0.1) is 12.1 Å². The molecule has 0 fully saturated rings. The molecule has 0 spiro atoms. The number of hydrogen-bond donors (Lipinski definition) is 1. The highest BCUT2D eigenvalue weighted by Gasteiger charge is 2.09. The molecule has 2 aromatic heterocycles. The zero-order valence-corrected chi connectivity index (χ0v) is 13.1. The third-order valence-corrected chi connectivity index (χ3v) is 4.00. The second kappa shape index (κ2) is 6.68. The molecule has 0 bridgehead atoms. The lowest BCUT2D eigenvalue weighted by atomic mass is 10.1. The predicted octanol–water partition coefficient (Wildman–Crippen LogP) is 4.04. The number of nitrogens with one attached hydrogen (secondary N) is 1. The smallest absolute Gasteiger partial charge is 0.230 e. The Bertz CT molecular complexity index is 772. The maximum atomic E-state index is 12.0. The van der Waals surface area contributed by atoms with Gasteiger partial charge in [-0.25, -0.2) is 4.98 Å². The molecule has 1 N–H and O–H groups in total. The summed E-state index contributed by atoms with van der Waals surface area (Å²) < 4.78 is 0. The Hall–Kier alpha value is -2.24. The maximum Gasteiger partial charge on any atom is 0.230 e. The molecule has 0 saturated heterocycles. The molecule has 3 aromatic rings. The number of anilines is 1. The van der Waals surface area contributed by atoms with Crippen molar-refractivity contribution in [1.29, 1.82) is 0 Å². The fourth-order valence-electron chi connectivity index (χ4n) is 1.93. The molecule has 0 aliphatic carbocycles. The quantitative estimate of drug-likeness (QED) is 0.786. The van der Waals surface area contributed by atoms with Gasteiger partial charge in [-0.3, -0.25) is 9.78 Å². The first-order valence-corrected chi connectivity index (χ1v) is 7.87. The van der Waals surface area contributed by atoms with Crippen LogP contribution in [0, 0.1) is 0 Å². The molecule has 0 unspecified atom stereocenters. The zero-order valence-electron chi connectivity index (χ0n) is 11.5. The fraction of sp³-hybridized carbons (Fsp3) is 0.0625. The van der Waals surface area contributed by atoms with Crippen molar-refractivity contribution in [3.63, 3.8) is 0 Å². The molecule has 0 saturated carbocycles. The third-order valence-electron chi connectivity index (χ3n) is 2.99. The first kappa shape index (κ1) is 14.7. The highest BCUT2D eigenvalue weighted by Crippen LogP contribution is 2.24. The van der Waals surface area contributed by atoms with Crippen LogP contribution in [0.1, 0.15) is 5.56 Å². The summed E-state index contributed by atoms with van der Waals surface area (Å²) in [5, 5.41) is 5.95. The van der Waals surface area contributed by atoms with E-state index in [4.69, 9.17) is 11.6 Å². The minimum absolute atomic E-state index is 0.102. The molecule has 1 aromatic carbocycles. The van der Waals surface area contributed by atoms with E-state index in [1.807, 2.05) is 29.6 Å². The molecule has 1 amide bonds. The van der Waals surface area contributed by atoms with Gasteiger partial charge in [-0.1, -0.05) is 23.7 Å². The number of carbonyl (C=O) groups excluding carboxylic acids is 1. The van der Waals surface area contributed by atoms with E-state index < -0.39 is 0 Å². The molecule has 0 aliphatic rings. The van der Waals surface area contributed by atoms with Gasteiger partial charge in [-0.2, -0.15) is 0 Å². The summed E-state index contributed by atoms with van der Waals surface area (Å²) in [6, 6.07) is 11.0. The Balaban J connectivity index is 1.65. The summed E-state index contributed by atoms with van der Waals surface area (Å²) in [4.78, 5) is 20.5. The number of nitrogens with zero attached hydrogens (tertiary/aromatic N) is 2. The molecule has 0 atom stereocenters. The predicted molar refractivity (Wildman–Crippen MR) is 89.1 cm³/mol. The number of thiazole rings is 1. The van der Waals surface area contributed by atoms with E-state index in [1.54, 1.807) is 24.5 Å². The third kappa shape index (κ3) is 3.69. The van der Waals surface area contributed by atoms with Crippen molar-refractivity contribution in [2.45, 2.75) is 6.42 Å². The van der Waals surface area contributed by atoms with Gasteiger partial charge in [0.15, 0.2) is 5.13 Å². The molecule has 3 rings (SSSR count). The fourth-order valence-corrected chi connectivity index (χ4v) is 2.79. The second-order valence-electron chi connectivity index (χ2n) is 4.63. The average Bonchev–Trinajstić information content (AvgIpc) is 2.99. The van der Waals surface area contributed by atoms with Gasteiger partial charge < -0.3 is 5.32 Å². The van der Waals surface area contributed by atoms with Crippen molar-refractivity contribution in [2.24, 2.45) is 0 Å². The lowest BCUT2D eigenvalue weighted by Gasteiger charge is -2.02. The summed E-state index contributed by atoms with van der Waals surface area (Å²) in [6.07, 6.45) is 3.75. The number of carbonyl (C=O) groups is 1. The molecule has 4 nitrogen and oxygen atoms in total. The standard InChI is InChI=1S/C16H12ClN3OS/c17-13-5-3-11(4-6-13)8-15(21)20-16-19-14(10-22-16)12-2-1-7-18-9-12/h1-7,9-10H,8H2,(H,19,20,21). The van der Waals surface area contributed by atoms with Crippen LogP contribution in [0.5, 0.6) is 0 Å². The van der Waals surface area contributed by atoms with Gasteiger partial charge >= 0.3 is 0 Å². The van der Waals surface area contributed by atoms with Crippen molar-refractivity contribution < 1.29 is 4.79 Å². The van der Waals surface area contributed by atoms with E-state index in [1.165, 1.54) is 11.3 Å². The molecule has 0 radical (unpaired) electrons. The first-order chi connectivity index (χ1) is 10.7. The Morgan fingerprint density at radius 1 is 1.23 bits per heavy atom. The molecule has 6 heteroatoms. The monoisotopic (exact) mass is 329 g/mol. The largest absolute Gasteiger partial charge is 0.302 e. The molecule has 110 valence electrons. The van der Waals surface area contributed by atoms with Crippen LogP contribution in [0.4, 0.5) is 5.13 Å². The minimum Gasteiger partial charge on any atom is -0.302 e. The average molecular weight is 330 g/mol. The van der Waals surface area contributed by atoms with E-state index in [0.717, 1.165) is 16.8 Å². The van der Waals surface area contributed by atoms with Crippen LogP contribution in [-0.2, 0) is 11.2 Å². The Morgan fingerprint density at radius 2 is 2.05 bits per heavy atom. The lowest BCUT2D eigenvalue weighted by Crippen LogP contribution is -2.14. The molecule has 2 heterocycles. The topological polar surface area (TPSA) is 54.9 Å². The zero-order chi connectivity index (χ0) is 15.4. The lowest BCUT2D eigenvalue weighted by molar-refractivity contribution is -0.115. The number of amides is 1. The van der Waals surface area contributed by atoms with Crippen molar-refractivity contribution in [3.05, 3.63) is 64.8 Å². The van der Waals surface area contributed by atoms with E-state index >= 15 is 0 Å². The summed E-state index contributed by atoms with van der Waals surface area (Å²) in [7, 11) is 0. The first-order valence-electron chi connectivity index (χ1n) is 6.61. The van der Waals surface area contributed by atoms with Crippen molar-refractivity contribution in [3.8, 4) is 11.3 Å². The highest BCUT2D eigenvalue weighted by molar-refractivity contribution is 7.14. The number of benzene rings is 1.